The van der Waals surface area contributed by atoms with Gasteiger partial charge in [0.2, 0.25) is 0 Å². The Morgan fingerprint density at radius 2 is 1.93 bits per heavy atom. The first kappa shape index (κ1) is 30.6. The first-order chi connectivity index (χ1) is 20.6. The van der Waals surface area contributed by atoms with Gasteiger partial charge in [0.15, 0.2) is 23.2 Å². The van der Waals surface area contributed by atoms with Crippen molar-refractivity contribution in [3.8, 4) is 17.2 Å². The van der Waals surface area contributed by atoms with E-state index in [1.54, 1.807) is 26.3 Å². The van der Waals surface area contributed by atoms with E-state index in [1.165, 1.54) is 0 Å². The number of aromatic nitrogens is 3. The first-order valence-electron chi connectivity index (χ1n) is 14.2. The van der Waals surface area contributed by atoms with Crippen molar-refractivity contribution >= 4 is 23.4 Å². The number of hydrogen-bond acceptors (Lipinski definition) is 11. The van der Waals surface area contributed by atoms with Gasteiger partial charge in [-0.15, -0.1) is 20.4 Å². The summed E-state index contributed by atoms with van der Waals surface area (Å²) < 4.78 is 25.6. The van der Waals surface area contributed by atoms with E-state index in [1.807, 2.05) is 36.4 Å². The number of fused-ring (bicyclic) bond motifs is 3. The molecule has 2 aromatic carbocycles. The standard InChI is InChI=1S/C30H38ClN7O5/c1-7-42-26(39)16-24-32-36-37(35-24)14-13-23-29-34-33-25(17-30(2,3)4)38(29)21-12-11-18(31)15-20(21)27(43-23)19-9-8-10-22(40-5)28(19)41-6/h8-12,15,23,27,36H,7,13-14,16-17H2,1-6H3,(H,32,35)/t23-,27-/m1/s1. The molecule has 0 spiro atoms. The zero-order chi connectivity index (χ0) is 30.7. The minimum atomic E-state index is -0.567. The number of hydrazine groups is 2. The van der Waals surface area contributed by atoms with Gasteiger partial charge in [-0.25, -0.2) is 5.53 Å². The molecule has 1 aromatic heterocycles. The van der Waals surface area contributed by atoms with Crippen LogP contribution in [0.4, 0.5) is 0 Å². The number of esters is 1. The summed E-state index contributed by atoms with van der Waals surface area (Å²) in [7, 11) is 3.22. The van der Waals surface area contributed by atoms with Crippen LogP contribution in [0.15, 0.2) is 41.5 Å². The van der Waals surface area contributed by atoms with Gasteiger partial charge in [0.05, 0.1) is 26.5 Å². The maximum atomic E-state index is 11.9. The molecule has 0 unspecified atom stereocenters. The number of nitrogens with one attached hydrogen (secondary N) is 2. The molecule has 3 aromatic rings. The Labute approximate surface area is 256 Å². The summed E-state index contributed by atoms with van der Waals surface area (Å²) in [5, 5.41) is 15.8. The Kier molecular flexibility index (Phi) is 9.09. The number of nitrogens with zero attached hydrogens (tertiary/aromatic N) is 5. The summed E-state index contributed by atoms with van der Waals surface area (Å²) in [6.07, 6.45) is 0.173. The average molecular weight is 612 g/mol. The second-order valence-corrected chi connectivity index (χ2v) is 12.0. The Balaban J connectivity index is 1.53. The van der Waals surface area contributed by atoms with Crippen molar-refractivity contribution in [2.75, 3.05) is 27.4 Å². The van der Waals surface area contributed by atoms with Crippen LogP contribution in [-0.2, 0) is 20.7 Å². The van der Waals surface area contributed by atoms with E-state index in [2.05, 4.69) is 51.6 Å². The lowest BCUT2D eigenvalue weighted by Gasteiger charge is -2.26. The lowest BCUT2D eigenvalue weighted by atomic mass is 9.91. The number of halogens is 1. The minimum Gasteiger partial charge on any atom is -0.493 e. The fourth-order valence-electron chi connectivity index (χ4n) is 5.29. The third-order valence-electron chi connectivity index (χ3n) is 7.06. The number of hydrogen-bond donors (Lipinski definition) is 2. The molecule has 2 atom stereocenters. The lowest BCUT2D eigenvalue weighted by Crippen LogP contribution is -2.43. The second-order valence-electron chi connectivity index (χ2n) is 11.5. The van der Waals surface area contributed by atoms with Gasteiger partial charge in [-0.3, -0.25) is 14.8 Å². The Bertz CT molecular complexity index is 1500. The van der Waals surface area contributed by atoms with E-state index in [4.69, 9.17) is 30.5 Å². The van der Waals surface area contributed by atoms with E-state index in [0.717, 1.165) is 22.6 Å². The van der Waals surface area contributed by atoms with E-state index in [-0.39, 0.29) is 17.8 Å². The van der Waals surface area contributed by atoms with Crippen LogP contribution < -0.4 is 20.4 Å². The average Bonchev–Trinajstić information content (AvgIpc) is 3.55. The van der Waals surface area contributed by atoms with Crippen LogP contribution in [0, 0.1) is 5.41 Å². The highest BCUT2D eigenvalue weighted by Crippen LogP contribution is 2.46. The number of para-hydroxylation sites is 1. The number of benzene rings is 2. The summed E-state index contributed by atoms with van der Waals surface area (Å²) in [6.45, 7) is 9.05. The van der Waals surface area contributed by atoms with Gasteiger partial charge in [0.1, 0.15) is 24.5 Å². The van der Waals surface area contributed by atoms with Crippen LogP contribution in [0.1, 0.15) is 75.5 Å². The number of amidine groups is 1. The molecule has 5 rings (SSSR count). The Morgan fingerprint density at radius 1 is 1.12 bits per heavy atom. The summed E-state index contributed by atoms with van der Waals surface area (Å²) >= 11 is 6.59. The summed E-state index contributed by atoms with van der Waals surface area (Å²) in [4.78, 5) is 11.9. The number of methoxy groups -OCH3 is 2. The zero-order valence-electron chi connectivity index (χ0n) is 25.3. The summed E-state index contributed by atoms with van der Waals surface area (Å²) in [6, 6.07) is 11.5. The van der Waals surface area contributed by atoms with Crippen molar-refractivity contribution in [3.63, 3.8) is 0 Å². The van der Waals surface area contributed by atoms with E-state index in [0.29, 0.717) is 54.2 Å². The van der Waals surface area contributed by atoms with Gasteiger partial charge < -0.3 is 18.9 Å². The highest BCUT2D eigenvalue weighted by molar-refractivity contribution is 6.30. The largest absolute Gasteiger partial charge is 0.493 e. The Hall–Kier alpha value is -3.87. The monoisotopic (exact) mass is 611 g/mol. The maximum Gasteiger partial charge on any atom is 0.313 e. The molecule has 0 fully saturated rings. The fourth-order valence-corrected chi connectivity index (χ4v) is 5.47. The molecule has 230 valence electrons. The Morgan fingerprint density at radius 3 is 2.65 bits per heavy atom. The molecule has 2 N–H and O–H groups in total. The van der Waals surface area contributed by atoms with Gasteiger partial charge in [0, 0.05) is 29.1 Å². The quantitative estimate of drug-likeness (QED) is 0.313. The first-order valence-corrected chi connectivity index (χ1v) is 14.6. The topological polar surface area (TPSA) is 124 Å². The number of ether oxygens (including phenoxy) is 4. The highest BCUT2D eigenvalue weighted by atomic mass is 35.5. The molecule has 3 heterocycles. The molecule has 0 saturated heterocycles. The molecule has 0 amide bonds. The molecule has 0 bridgehead atoms. The maximum absolute atomic E-state index is 11.9. The zero-order valence-corrected chi connectivity index (χ0v) is 26.1. The summed E-state index contributed by atoms with van der Waals surface area (Å²) in [5.74, 6) is 2.80. The SMILES string of the molecule is CCOC(=O)CC1=NNN(CC[C@H]2O[C@H](c3cccc(OC)c3OC)c3cc(Cl)ccc3-n3c(CC(C)(C)C)nnc32)N1. The molecule has 0 radical (unpaired) electrons. The van der Waals surface area contributed by atoms with Crippen LogP contribution in [0.3, 0.4) is 0 Å². The van der Waals surface area contributed by atoms with Crippen LogP contribution >= 0.6 is 11.6 Å². The van der Waals surface area contributed by atoms with E-state index < -0.39 is 12.2 Å². The predicted octanol–water partition coefficient (Wildman–Crippen LogP) is 4.67. The molecule has 2 aliphatic heterocycles. The number of carbonyl (C=O) groups excluding carboxylic acids is 1. The smallest absolute Gasteiger partial charge is 0.313 e. The van der Waals surface area contributed by atoms with Crippen LogP contribution in [-0.4, -0.2) is 59.1 Å². The van der Waals surface area contributed by atoms with Gasteiger partial charge in [-0.1, -0.05) is 44.5 Å². The molecule has 0 saturated carbocycles. The molecular formula is C30H38ClN7O5. The molecule has 43 heavy (non-hydrogen) atoms. The lowest BCUT2D eigenvalue weighted by molar-refractivity contribution is -0.141. The second kappa shape index (κ2) is 12.8. The predicted molar refractivity (Wildman–Crippen MR) is 161 cm³/mol. The van der Waals surface area contributed by atoms with Crippen molar-refractivity contribution in [1.29, 1.82) is 0 Å². The normalized spacial score (nSPS) is 18.1. The van der Waals surface area contributed by atoms with Crippen LogP contribution in [0.5, 0.6) is 11.5 Å². The third kappa shape index (κ3) is 6.71. The van der Waals surface area contributed by atoms with Crippen molar-refractivity contribution in [1.82, 2.24) is 30.8 Å². The van der Waals surface area contributed by atoms with Gasteiger partial charge in [0.25, 0.3) is 0 Å². The number of carbonyl (C=O) groups is 1. The van der Waals surface area contributed by atoms with Gasteiger partial charge in [-0.05, 0) is 43.0 Å². The van der Waals surface area contributed by atoms with Crippen molar-refractivity contribution in [3.05, 3.63) is 64.2 Å². The fraction of sp³-hybridized carbons (Fsp3) is 0.467. The highest BCUT2D eigenvalue weighted by Gasteiger charge is 2.36. The molecule has 13 heteroatoms. The minimum absolute atomic E-state index is 0.0372. The third-order valence-corrected chi connectivity index (χ3v) is 7.30. The van der Waals surface area contributed by atoms with Gasteiger partial charge in [-0.2, -0.15) is 0 Å². The summed E-state index contributed by atoms with van der Waals surface area (Å²) in [5.41, 5.74) is 8.54. The van der Waals surface area contributed by atoms with Crippen LogP contribution in [0.25, 0.3) is 5.69 Å². The van der Waals surface area contributed by atoms with E-state index in [9.17, 15) is 4.79 Å². The van der Waals surface area contributed by atoms with Crippen molar-refractivity contribution in [2.24, 2.45) is 10.5 Å². The molecular weight excluding hydrogens is 574 g/mol. The molecule has 12 nitrogen and oxygen atoms in total. The van der Waals surface area contributed by atoms with Crippen LogP contribution in [0.2, 0.25) is 5.02 Å². The van der Waals surface area contributed by atoms with Crippen molar-refractivity contribution < 1.29 is 23.7 Å². The van der Waals surface area contributed by atoms with E-state index >= 15 is 0 Å². The van der Waals surface area contributed by atoms with Crippen molar-refractivity contribution in [2.45, 2.75) is 59.2 Å². The molecule has 0 aliphatic carbocycles. The van der Waals surface area contributed by atoms with Gasteiger partial charge >= 0.3 is 5.97 Å². The molecule has 2 aliphatic rings. The number of hydrazone groups is 1. The number of rotatable bonds is 10.